The van der Waals surface area contributed by atoms with Gasteiger partial charge in [-0.2, -0.15) is 0 Å². The highest BCUT2D eigenvalue weighted by atomic mass is 32.2. The van der Waals surface area contributed by atoms with Crippen LogP contribution in [0, 0.1) is 6.92 Å². The predicted molar refractivity (Wildman–Crippen MR) is 106 cm³/mol. The summed E-state index contributed by atoms with van der Waals surface area (Å²) in [6.07, 6.45) is 2.57. The van der Waals surface area contributed by atoms with Gasteiger partial charge in [-0.1, -0.05) is 38.5 Å². The zero-order valence-corrected chi connectivity index (χ0v) is 16.7. The molecule has 0 radical (unpaired) electrons. The van der Waals surface area contributed by atoms with Crippen molar-refractivity contribution in [2.24, 2.45) is 0 Å². The molecule has 0 spiro atoms. The van der Waals surface area contributed by atoms with E-state index in [2.05, 4.69) is 28.9 Å². The van der Waals surface area contributed by atoms with Gasteiger partial charge < -0.3 is 5.32 Å². The van der Waals surface area contributed by atoms with Crippen LogP contribution in [0.15, 0.2) is 41.3 Å². The molecule has 1 aromatic heterocycles. The molecule has 26 heavy (non-hydrogen) atoms. The second-order valence-electron chi connectivity index (χ2n) is 6.39. The second-order valence-corrected chi connectivity index (χ2v) is 8.16. The van der Waals surface area contributed by atoms with Gasteiger partial charge in [-0.15, -0.1) is 0 Å². The molecule has 0 bridgehead atoms. The largest absolute Gasteiger partial charge is 0.311 e. The summed E-state index contributed by atoms with van der Waals surface area (Å²) >= 11 is 0. The third-order valence-electron chi connectivity index (χ3n) is 4.25. The summed E-state index contributed by atoms with van der Waals surface area (Å²) in [7, 11) is -3.48. The van der Waals surface area contributed by atoms with E-state index in [1.54, 1.807) is 12.1 Å². The van der Waals surface area contributed by atoms with Crippen LogP contribution >= 0.6 is 0 Å². The molecule has 0 aliphatic carbocycles. The van der Waals surface area contributed by atoms with E-state index in [0.29, 0.717) is 17.9 Å². The summed E-state index contributed by atoms with van der Waals surface area (Å²) < 4.78 is 27.5. The Labute approximate surface area is 157 Å². The Morgan fingerprint density at radius 3 is 2.38 bits per heavy atom. The Hall–Kier alpha value is -1.76. The van der Waals surface area contributed by atoms with Gasteiger partial charge in [0.15, 0.2) is 0 Å². The molecule has 142 valence electrons. The van der Waals surface area contributed by atoms with Crippen LogP contribution in [-0.4, -0.2) is 26.5 Å². The van der Waals surface area contributed by atoms with Crippen LogP contribution in [0.2, 0.25) is 0 Å². The highest BCUT2D eigenvalue weighted by Crippen LogP contribution is 2.12. The van der Waals surface area contributed by atoms with Gasteiger partial charge in [0, 0.05) is 25.2 Å². The molecule has 0 aliphatic rings. The Morgan fingerprint density at radius 2 is 1.73 bits per heavy atom. The Kier molecular flexibility index (Phi) is 7.75. The van der Waals surface area contributed by atoms with Crippen molar-refractivity contribution >= 4 is 10.0 Å². The van der Waals surface area contributed by atoms with Crippen LogP contribution in [-0.2, 0) is 29.4 Å². The molecule has 0 saturated heterocycles. The first-order valence-electron chi connectivity index (χ1n) is 9.21. The van der Waals surface area contributed by atoms with Crippen LogP contribution in [0.4, 0.5) is 0 Å². The first-order chi connectivity index (χ1) is 12.5. The number of aryl methyl sites for hydroxylation is 2. The van der Waals surface area contributed by atoms with Crippen molar-refractivity contribution in [3.05, 3.63) is 58.9 Å². The van der Waals surface area contributed by atoms with Crippen LogP contribution in [0.3, 0.4) is 0 Å². The summed E-state index contributed by atoms with van der Waals surface area (Å²) in [5.41, 5.74) is 4.20. The number of nitrogens with one attached hydrogen (secondary N) is 2. The van der Waals surface area contributed by atoms with E-state index in [-0.39, 0.29) is 0 Å². The fraction of sp³-hybridized carbons (Fsp3) is 0.450. The lowest BCUT2D eigenvalue weighted by atomic mass is 10.1. The number of sulfonamides is 1. The highest BCUT2D eigenvalue weighted by molar-refractivity contribution is 7.89. The van der Waals surface area contributed by atoms with E-state index < -0.39 is 10.0 Å². The number of nitrogens with zero attached hydrogens (tertiary/aromatic N) is 1. The molecule has 1 aromatic carbocycles. The van der Waals surface area contributed by atoms with Gasteiger partial charge in [-0.3, -0.25) is 4.98 Å². The third kappa shape index (κ3) is 5.90. The topological polar surface area (TPSA) is 71.1 Å². The number of hydrogen-bond donors (Lipinski definition) is 2. The zero-order valence-electron chi connectivity index (χ0n) is 15.9. The molecule has 0 fully saturated rings. The van der Waals surface area contributed by atoms with E-state index in [0.717, 1.165) is 48.4 Å². The van der Waals surface area contributed by atoms with E-state index in [1.807, 2.05) is 31.2 Å². The van der Waals surface area contributed by atoms with E-state index in [4.69, 9.17) is 0 Å². The first kappa shape index (κ1) is 20.6. The second kappa shape index (κ2) is 9.80. The van der Waals surface area contributed by atoms with Crippen molar-refractivity contribution in [3.8, 4) is 0 Å². The number of benzene rings is 1. The molecule has 6 heteroatoms. The average Bonchev–Trinajstić information content (AvgIpc) is 2.62. The molecule has 0 aliphatic heterocycles. The molecule has 0 saturated carbocycles. The monoisotopic (exact) mass is 375 g/mol. The van der Waals surface area contributed by atoms with E-state index in [1.165, 1.54) is 0 Å². The van der Waals surface area contributed by atoms with Gasteiger partial charge in [0.1, 0.15) is 0 Å². The minimum Gasteiger partial charge on any atom is -0.311 e. The normalized spacial score (nSPS) is 11.7. The van der Waals surface area contributed by atoms with Crippen molar-refractivity contribution < 1.29 is 8.42 Å². The van der Waals surface area contributed by atoms with Crippen molar-refractivity contribution in [1.29, 1.82) is 0 Å². The molecule has 2 N–H and O–H groups in total. The summed E-state index contributed by atoms with van der Waals surface area (Å²) in [4.78, 5) is 4.94. The molecule has 2 aromatic rings. The fourth-order valence-electron chi connectivity index (χ4n) is 2.70. The molecule has 2 rings (SSSR count). The third-order valence-corrected chi connectivity index (χ3v) is 5.72. The maximum absolute atomic E-state index is 12.4. The molecule has 5 nitrogen and oxygen atoms in total. The standard InChI is InChI=1S/C20H29N3O2S/c1-4-6-17-8-11-19(12-9-17)26(24,25)22-14-13-18-10-7-16(3)20(23-18)15-21-5-2/h7-12,21-22H,4-6,13-15H2,1-3H3. The van der Waals surface area contributed by atoms with Crippen LogP contribution in [0.1, 0.15) is 42.8 Å². The van der Waals surface area contributed by atoms with Gasteiger partial charge in [-0.05, 0) is 49.2 Å². The SMILES string of the molecule is CCCc1ccc(S(=O)(=O)NCCc2ccc(C)c(CNCC)n2)cc1. The molecule has 0 atom stereocenters. The number of aromatic nitrogens is 1. The maximum Gasteiger partial charge on any atom is 0.240 e. The molecular weight excluding hydrogens is 346 g/mol. The Balaban J connectivity index is 1.95. The van der Waals surface area contributed by atoms with E-state index in [9.17, 15) is 8.42 Å². The van der Waals surface area contributed by atoms with Crippen LogP contribution < -0.4 is 10.0 Å². The van der Waals surface area contributed by atoms with Crippen LogP contribution in [0.25, 0.3) is 0 Å². The van der Waals surface area contributed by atoms with Gasteiger partial charge in [0.2, 0.25) is 10.0 Å². The molecule has 1 heterocycles. The lowest BCUT2D eigenvalue weighted by Crippen LogP contribution is -2.26. The fourth-order valence-corrected chi connectivity index (χ4v) is 3.73. The predicted octanol–water partition coefficient (Wildman–Crippen LogP) is 2.97. The average molecular weight is 376 g/mol. The molecular formula is C20H29N3O2S. The molecule has 0 unspecified atom stereocenters. The number of pyridine rings is 1. The Morgan fingerprint density at radius 1 is 1.00 bits per heavy atom. The number of hydrogen-bond acceptors (Lipinski definition) is 4. The van der Waals surface area contributed by atoms with E-state index >= 15 is 0 Å². The van der Waals surface area contributed by atoms with Gasteiger partial charge in [0.25, 0.3) is 0 Å². The van der Waals surface area contributed by atoms with Gasteiger partial charge >= 0.3 is 0 Å². The Bertz CT molecular complexity index is 802. The number of rotatable bonds is 10. The van der Waals surface area contributed by atoms with Crippen molar-refractivity contribution in [1.82, 2.24) is 15.0 Å². The van der Waals surface area contributed by atoms with Gasteiger partial charge in [-0.25, -0.2) is 13.1 Å². The minimum atomic E-state index is -3.48. The molecule has 0 amide bonds. The smallest absolute Gasteiger partial charge is 0.240 e. The minimum absolute atomic E-state index is 0.307. The van der Waals surface area contributed by atoms with Crippen molar-refractivity contribution in [3.63, 3.8) is 0 Å². The van der Waals surface area contributed by atoms with Crippen LogP contribution in [0.5, 0.6) is 0 Å². The summed E-state index contributed by atoms with van der Waals surface area (Å²) in [5, 5.41) is 3.27. The summed E-state index contributed by atoms with van der Waals surface area (Å²) in [6, 6.07) is 11.1. The van der Waals surface area contributed by atoms with Crippen molar-refractivity contribution in [2.45, 2.75) is 51.5 Å². The lowest BCUT2D eigenvalue weighted by Gasteiger charge is -2.10. The lowest BCUT2D eigenvalue weighted by molar-refractivity contribution is 0.581. The highest BCUT2D eigenvalue weighted by Gasteiger charge is 2.13. The maximum atomic E-state index is 12.4. The summed E-state index contributed by atoms with van der Waals surface area (Å²) in [5.74, 6) is 0. The van der Waals surface area contributed by atoms with Gasteiger partial charge in [0.05, 0.1) is 10.6 Å². The quantitative estimate of drug-likeness (QED) is 0.670. The first-order valence-corrected chi connectivity index (χ1v) is 10.7. The van der Waals surface area contributed by atoms with Crippen molar-refractivity contribution in [2.75, 3.05) is 13.1 Å². The summed E-state index contributed by atoms with van der Waals surface area (Å²) in [6.45, 7) is 8.15. The zero-order chi connectivity index (χ0) is 19.0.